The summed E-state index contributed by atoms with van der Waals surface area (Å²) >= 11 is 0. The molecule has 0 aromatic heterocycles. The lowest BCUT2D eigenvalue weighted by Crippen LogP contribution is -2.25. The van der Waals surface area contributed by atoms with E-state index in [1.54, 1.807) is 0 Å². The van der Waals surface area contributed by atoms with E-state index < -0.39 is 30.1 Å². The van der Waals surface area contributed by atoms with E-state index in [-0.39, 0.29) is 37.6 Å². The maximum atomic E-state index is 10.5. The highest BCUT2D eigenvalue weighted by atomic mass is 16.5. The van der Waals surface area contributed by atoms with Crippen molar-refractivity contribution in [1.82, 2.24) is 0 Å². The number of unbranched alkanes of at least 4 members (excludes halogenated alkanes) is 14. The van der Waals surface area contributed by atoms with E-state index in [1.807, 2.05) is 0 Å². The van der Waals surface area contributed by atoms with E-state index in [0.717, 1.165) is 12.8 Å². The number of hydrogen-bond acceptors (Lipinski definition) is 8. The minimum absolute atomic E-state index is 0.0342. The number of ether oxygens (including phenoxy) is 1. The van der Waals surface area contributed by atoms with Crippen LogP contribution in [0.4, 0.5) is 0 Å². The van der Waals surface area contributed by atoms with E-state index in [0.29, 0.717) is 6.42 Å². The number of aliphatic hydroxyl groups is 4. The van der Waals surface area contributed by atoms with Crippen molar-refractivity contribution in [2.75, 3.05) is 26.4 Å². The van der Waals surface area contributed by atoms with Gasteiger partial charge in [0, 0.05) is 6.42 Å². The SMILES string of the molecule is CCCCCCCCCCCCCCCCCC(=O)O.O=C(O)c1ccccc1C(=O)O.OCC(O)COCC(O)CO. The lowest BCUT2D eigenvalue weighted by Gasteiger charge is -2.10. The van der Waals surface area contributed by atoms with Crippen LogP contribution in [0.1, 0.15) is 130 Å². The molecule has 0 saturated carbocycles. The molecule has 0 aliphatic rings. The molecule has 0 aliphatic carbocycles. The van der Waals surface area contributed by atoms with Crippen molar-refractivity contribution >= 4 is 17.9 Å². The molecule has 0 aliphatic heterocycles. The minimum atomic E-state index is -1.23. The summed E-state index contributed by atoms with van der Waals surface area (Å²) in [5.74, 6) is -3.11. The number of aliphatic hydroxyl groups excluding tert-OH is 4. The lowest BCUT2D eigenvalue weighted by atomic mass is 10.0. The third-order valence-electron chi connectivity index (χ3n) is 6.42. The van der Waals surface area contributed by atoms with Gasteiger partial charge in [0.2, 0.25) is 0 Å². The molecule has 0 saturated heterocycles. The number of benzene rings is 1. The van der Waals surface area contributed by atoms with Crippen molar-refractivity contribution < 1.29 is 54.9 Å². The molecule has 11 heteroatoms. The van der Waals surface area contributed by atoms with Crippen LogP contribution in [0, 0.1) is 0 Å². The third-order valence-corrected chi connectivity index (χ3v) is 6.42. The van der Waals surface area contributed by atoms with Crippen molar-refractivity contribution in [3.8, 4) is 0 Å². The first-order chi connectivity index (χ1) is 20.6. The zero-order valence-electron chi connectivity index (χ0n) is 25.9. The summed E-state index contributed by atoms with van der Waals surface area (Å²) in [7, 11) is 0. The Labute approximate surface area is 256 Å². The molecule has 1 aromatic carbocycles. The Hall–Kier alpha value is -2.57. The van der Waals surface area contributed by atoms with Crippen molar-refractivity contribution in [2.24, 2.45) is 0 Å². The first-order valence-electron chi connectivity index (χ1n) is 15.5. The average molecular weight is 617 g/mol. The Kier molecular flexibility index (Phi) is 30.6. The highest BCUT2D eigenvalue weighted by molar-refractivity contribution is 6.01. The molecular formula is C32H56O11. The van der Waals surface area contributed by atoms with Crippen LogP contribution in [-0.4, -0.2) is 92.3 Å². The molecule has 0 radical (unpaired) electrons. The van der Waals surface area contributed by atoms with Crippen LogP contribution < -0.4 is 0 Å². The number of rotatable bonds is 24. The summed E-state index contributed by atoms with van der Waals surface area (Å²) in [5.41, 5.74) is -0.380. The van der Waals surface area contributed by atoms with Gasteiger partial charge in [0.1, 0.15) is 12.2 Å². The fourth-order valence-corrected chi connectivity index (χ4v) is 3.95. The van der Waals surface area contributed by atoms with Crippen molar-refractivity contribution in [3.63, 3.8) is 0 Å². The van der Waals surface area contributed by atoms with E-state index in [9.17, 15) is 14.4 Å². The molecule has 0 amide bonds. The highest BCUT2D eigenvalue weighted by Gasteiger charge is 2.13. The Bertz CT molecular complexity index is 773. The van der Waals surface area contributed by atoms with E-state index in [4.69, 9.17) is 40.5 Å². The quantitative estimate of drug-likeness (QED) is 0.0759. The van der Waals surface area contributed by atoms with Gasteiger partial charge in [-0.15, -0.1) is 0 Å². The van der Waals surface area contributed by atoms with Crippen LogP contribution in [0.5, 0.6) is 0 Å². The number of carbonyl (C=O) groups is 3. The monoisotopic (exact) mass is 616 g/mol. The van der Waals surface area contributed by atoms with Crippen molar-refractivity contribution in [2.45, 2.75) is 122 Å². The molecule has 0 spiro atoms. The van der Waals surface area contributed by atoms with Gasteiger partial charge < -0.3 is 40.5 Å². The lowest BCUT2D eigenvalue weighted by molar-refractivity contribution is -0.137. The summed E-state index contributed by atoms with van der Waals surface area (Å²) < 4.78 is 4.72. The van der Waals surface area contributed by atoms with Gasteiger partial charge in [-0.3, -0.25) is 4.79 Å². The molecule has 43 heavy (non-hydrogen) atoms. The fourth-order valence-electron chi connectivity index (χ4n) is 3.95. The molecule has 7 N–H and O–H groups in total. The molecule has 11 nitrogen and oxygen atoms in total. The van der Waals surface area contributed by atoms with Gasteiger partial charge in [-0.05, 0) is 18.6 Å². The highest BCUT2D eigenvalue weighted by Crippen LogP contribution is 2.13. The van der Waals surface area contributed by atoms with Gasteiger partial charge >= 0.3 is 17.9 Å². The summed E-state index contributed by atoms with van der Waals surface area (Å²) in [6.07, 6.45) is 18.4. The second-order valence-corrected chi connectivity index (χ2v) is 10.5. The number of hydrogen-bond donors (Lipinski definition) is 7. The molecule has 0 bridgehead atoms. The average Bonchev–Trinajstić information content (AvgIpc) is 2.99. The van der Waals surface area contributed by atoms with Crippen LogP contribution in [0.2, 0.25) is 0 Å². The standard InChI is InChI=1S/C18H36O2.C8H6O4.C6H14O5/c1-2-3-4-5-6-7-8-9-10-11-12-13-14-15-16-17-18(19)20;9-7(10)5-3-1-2-4-6(5)8(11)12;7-1-5(9)3-11-4-6(10)2-8/h2-17H2,1H3,(H,19,20);1-4H,(H,9,10)(H,11,12);5-10H,1-4H2. The molecule has 1 rings (SSSR count). The predicted octanol–water partition coefficient (Wildman–Crippen LogP) is 5.12. The Morgan fingerprint density at radius 3 is 1.21 bits per heavy atom. The largest absolute Gasteiger partial charge is 0.481 e. The topological polar surface area (TPSA) is 202 Å². The summed E-state index contributed by atoms with van der Waals surface area (Å²) in [5, 5.41) is 59.7. The van der Waals surface area contributed by atoms with Crippen LogP contribution in [-0.2, 0) is 9.53 Å². The Morgan fingerprint density at radius 2 is 0.930 bits per heavy atom. The van der Waals surface area contributed by atoms with Crippen molar-refractivity contribution in [1.29, 1.82) is 0 Å². The molecule has 2 unspecified atom stereocenters. The van der Waals surface area contributed by atoms with Crippen LogP contribution >= 0.6 is 0 Å². The van der Waals surface area contributed by atoms with Gasteiger partial charge in [0.15, 0.2) is 0 Å². The van der Waals surface area contributed by atoms with Crippen molar-refractivity contribution in [3.05, 3.63) is 35.4 Å². The van der Waals surface area contributed by atoms with E-state index in [2.05, 4.69) is 6.92 Å². The molecule has 0 heterocycles. The van der Waals surface area contributed by atoms with Crippen LogP contribution in [0.25, 0.3) is 0 Å². The van der Waals surface area contributed by atoms with Gasteiger partial charge in [-0.25, -0.2) is 9.59 Å². The van der Waals surface area contributed by atoms with E-state index in [1.165, 1.54) is 108 Å². The minimum Gasteiger partial charge on any atom is -0.481 e. The van der Waals surface area contributed by atoms with Gasteiger partial charge in [-0.2, -0.15) is 0 Å². The predicted molar refractivity (Wildman–Crippen MR) is 165 cm³/mol. The first kappa shape index (κ1) is 42.6. The Morgan fingerprint density at radius 1 is 0.605 bits per heavy atom. The van der Waals surface area contributed by atoms with Gasteiger partial charge in [0.05, 0.1) is 37.6 Å². The number of carboxylic acid groups (broad SMARTS) is 3. The maximum absolute atomic E-state index is 10.5. The van der Waals surface area contributed by atoms with E-state index >= 15 is 0 Å². The summed E-state index contributed by atoms with van der Waals surface area (Å²) in [6, 6.07) is 5.48. The zero-order chi connectivity index (χ0) is 32.7. The normalized spacial score (nSPS) is 11.8. The summed E-state index contributed by atoms with van der Waals surface area (Å²) in [6.45, 7) is 1.47. The smallest absolute Gasteiger partial charge is 0.336 e. The summed E-state index contributed by atoms with van der Waals surface area (Å²) in [4.78, 5) is 31.3. The molecule has 2 atom stereocenters. The maximum Gasteiger partial charge on any atom is 0.336 e. The number of aromatic carboxylic acids is 2. The second-order valence-electron chi connectivity index (χ2n) is 10.5. The molecular weight excluding hydrogens is 560 g/mol. The molecule has 1 aromatic rings. The molecule has 0 fully saturated rings. The first-order valence-corrected chi connectivity index (χ1v) is 15.5. The van der Waals surface area contributed by atoms with Gasteiger partial charge in [-0.1, -0.05) is 109 Å². The fraction of sp³-hybridized carbons (Fsp3) is 0.719. The Balaban J connectivity index is 0. The zero-order valence-corrected chi connectivity index (χ0v) is 25.9. The third kappa shape index (κ3) is 29.3. The molecule has 250 valence electrons. The van der Waals surface area contributed by atoms with Gasteiger partial charge in [0.25, 0.3) is 0 Å². The second kappa shape index (κ2) is 30.9. The number of aliphatic carboxylic acids is 1. The number of carboxylic acids is 3. The van der Waals surface area contributed by atoms with Crippen LogP contribution in [0.3, 0.4) is 0 Å². The van der Waals surface area contributed by atoms with Crippen LogP contribution in [0.15, 0.2) is 24.3 Å².